The Kier molecular flexibility index (Phi) is 4.35. The lowest BCUT2D eigenvalue weighted by Crippen LogP contribution is -2.11. The Hall–Kier alpha value is -2.29. The number of aromatic amines is 1. The number of nitro groups is 1. The van der Waals surface area contributed by atoms with Crippen molar-refractivity contribution in [1.29, 1.82) is 0 Å². The van der Waals surface area contributed by atoms with Crippen molar-refractivity contribution in [3.8, 4) is 0 Å². The van der Waals surface area contributed by atoms with Gasteiger partial charge in [-0.15, -0.1) is 0 Å². The fraction of sp³-hybridized carbons (Fsp3) is 0. The van der Waals surface area contributed by atoms with Gasteiger partial charge in [-0.25, -0.2) is 4.98 Å². The monoisotopic (exact) mass is 382 g/mol. The van der Waals surface area contributed by atoms with E-state index in [0.717, 1.165) is 17.8 Å². The molecule has 0 aliphatic rings. The highest BCUT2D eigenvalue weighted by Crippen LogP contribution is 2.36. The Labute approximate surface area is 149 Å². The van der Waals surface area contributed by atoms with Gasteiger partial charge in [-0.05, 0) is 36.0 Å². The quantitative estimate of drug-likeness (QED) is 0.521. The SMILES string of the molecule is NC(=O)c1ccc(Sc2nc3c(Cl)cc(Cl)cc3[nH]2)c([N+](=O)[O-])c1. The number of benzene rings is 2. The number of fused-ring (bicyclic) bond motifs is 1. The summed E-state index contributed by atoms with van der Waals surface area (Å²) < 4.78 is 0. The number of H-pyrrole nitrogens is 1. The van der Waals surface area contributed by atoms with Crippen LogP contribution in [0.15, 0.2) is 40.4 Å². The van der Waals surface area contributed by atoms with Crippen LogP contribution in [-0.4, -0.2) is 20.8 Å². The lowest BCUT2D eigenvalue weighted by molar-refractivity contribution is -0.387. The average molecular weight is 383 g/mol. The number of nitrogens with two attached hydrogens (primary N) is 1. The molecule has 3 N–H and O–H groups in total. The molecule has 2 aromatic carbocycles. The molecular weight excluding hydrogens is 375 g/mol. The molecule has 0 aliphatic heterocycles. The van der Waals surface area contributed by atoms with E-state index in [1.807, 2.05) is 0 Å². The third kappa shape index (κ3) is 3.16. The first-order valence-electron chi connectivity index (χ1n) is 6.46. The van der Waals surface area contributed by atoms with Crippen LogP contribution in [0.25, 0.3) is 11.0 Å². The Morgan fingerprint density at radius 1 is 1.29 bits per heavy atom. The minimum Gasteiger partial charge on any atom is -0.366 e. The van der Waals surface area contributed by atoms with Gasteiger partial charge in [0.25, 0.3) is 5.69 Å². The van der Waals surface area contributed by atoms with Gasteiger partial charge < -0.3 is 10.7 Å². The summed E-state index contributed by atoms with van der Waals surface area (Å²) >= 11 is 13.1. The number of rotatable bonds is 4. The topological polar surface area (TPSA) is 115 Å². The van der Waals surface area contributed by atoms with Crippen molar-refractivity contribution in [3.63, 3.8) is 0 Å². The number of amides is 1. The van der Waals surface area contributed by atoms with Gasteiger partial charge >= 0.3 is 0 Å². The van der Waals surface area contributed by atoms with Crippen molar-refractivity contribution in [2.45, 2.75) is 10.1 Å². The van der Waals surface area contributed by atoms with Crippen LogP contribution in [0.1, 0.15) is 10.4 Å². The number of nitrogens with zero attached hydrogens (tertiary/aromatic N) is 2. The largest absolute Gasteiger partial charge is 0.366 e. The van der Waals surface area contributed by atoms with Gasteiger partial charge in [0.1, 0.15) is 5.52 Å². The van der Waals surface area contributed by atoms with E-state index in [0.29, 0.717) is 31.1 Å². The van der Waals surface area contributed by atoms with Crippen molar-refractivity contribution in [2.75, 3.05) is 0 Å². The fourth-order valence-electron chi connectivity index (χ4n) is 2.07. The van der Waals surface area contributed by atoms with Crippen LogP contribution < -0.4 is 5.73 Å². The summed E-state index contributed by atoms with van der Waals surface area (Å²) in [4.78, 5) is 29.4. The summed E-state index contributed by atoms with van der Waals surface area (Å²) in [6, 6.07) is 7.22. The molecule has 24 heavy (non-hydrogen) atoms. The minimum atomic E-state index is -0.736. The first-order valence-corrected chi connectivity index (χ1v) is 8.03. The Morgan fingerprint density at radius 2 is 2.04 bits per heavy atom. The van der Waals surface area contributed by atoms with Crippen LogP contribution in [0.2, 0.25) is 10.0 Å². The van der Waals surface area contributed by atoms with Crippen molar-refractivity contribution in [1.82, 2.24) is 9.97 Å². The number of primary amides is 1. The molecule has 10 heteroatoms. The summed E-state index contributed by atoms with van der Waals surface area (Å²) in [6.07, 6.45) is 0. The zero-order valence-corrected chi connectivity index (χ0v) is 14.1. The third-order valence-corrected chi connectivity index (χ3v) is 4.59. The highest BCUT2D eigenvalue weighted by molar-refractivity contribution is 7.99. The molecule has 3 rings (SSSR count). The lowest BCUT2D eigenvalue weighted by Gasteiger charge is -2.02. The molecule has 0 radical (unpaired) electrons. The predicted octanol–water partition coefficient (Wildman–Crippen LogP) is 4.03. The van der Waals surface area contributed by atoms with Gasteiger partial charge in [-0.2, -0.15) is 0 Å². The number of aromatic nitrogens is 2. The molecule has 0 aliphatic carbocycles. The number of carbonyl (C=O) groups is 1. The first-order chi connectivity index (χ1) is 11.3. The van der Waals surface area contributed by atoms with Crippen LogP contribution in [0.5, 0.6) is 0 Å². The molecule has 1 amide bonds. The maximum Gasteiger partial charge on any atom is 0.284 e. The second-order valence-corrected chi connectivity index (χ2v) is 6.61. The second kappa shape index (κ2) is 6.31. The highest BCUT2D eigenvalue weighted by atomic mass is 35.5. The van der Waals surface area contributed by atoms with Crippen LogP contribution in [0.3, 0.4) is 0 Å². The summed E-state index contributed by atoms with van der Waals surface area (Å²) in [7, 11) is 0. The van der Waals surface area contributed by atoms with Gasteiger partial charge in [-0.3, -0.25) is 14.9 Å². The summed E-state index contributed by atoms with van der Waals surface area (Å²) in [6.45, 7) is 0. The Bertz CT molecular complexity index is 990. The van der Waals surface area contributed by atoms with Gasteiger partial charge in [0.05, 0.1) is 20.4 Å². The maximum atomic E-state index is 11.2. The van der Waals surface area contributed by atoms with Crippen LogP contribution in [0.4, 0.5) is 5.69 Å². The minimum absolute atomic E-state index is 0.0606. The van der Waals surface area contributed by atoms with Crippen LogP contribution in [-0.2, 0) is 0 Å². The Balaban J connectivity index is 2.03. The van der Waals surface area contributed by atoms with Gasteiger partial charge in [0.15, 0.2) is 5.16 Å². The molecule has 7 nitrogen and oxygen atoms in total. The van der Waals surface area contributed by atoms with E-state index in [-0.39, 0.29) is 11.3 Å². The number of nitro benzene ring substituents is 1. The Morgan fingerprint density at radius 3 is 2.71 bits per heavy atom. The van der Waals surface area contributed by atoms with E-state index < -0.39 is 10.8 Å². The van der Waals surface area contributed by atoms with Gasteiger partial charge in [-0.1, -0.05) is 23.2 Å². The average Bonchev–Trinajstić information content (AvgIpc) is 2.89. The molecule has 0 bridgehead atoms. The van der Waals surface area contributed by atoms with Crippen molar-refractivity contribution in [3.05, 3.63) is 56.1 Å². The number of halogens is 2. The van der Waals surface area contributed by atoms with Gasteiger partial charge in [0.2, 0.25) is 5.91 Å². The summed E-state index contributed by atoms with van der Waals surface area (Å²) in [5.41, 5.74) is 6.11. The van der Waals surface area contributed by atoms with E-state index in [2.05, 4.69) is 9.97 Å². The maximum absolute atomic E-state index is 11.2. The smallest absolute Gasteiger partial charge is 0.284 e. The normalized spacial score (nSPS) is 10.9. The molecule has 0 fully saturated rings. The molecule has 0 atom stereocenters. The zero-order chi connectivity index (χ0) is 17.4. The summed E-state index contributed by atoms with van der Waals surface area (Å²) in [5.74, 6) is -0.736. The molecule has 0 saturated heterocycles. The molecule has 0 spiro atoms. The molecule has 1 aromatic heterocycles. The number of hydrogen-bond donors (Lipinski definition) is 2. The van der Waals surface area contributed by atoms with E-state index in [1.165, 1.54) is 12.1 Å². The summed E-state index contributed by atoms with van der Waals surface area (Å²) in [5, 5.41) is 12.5. The van der Waals surface area contributed by atoms with Gasteiger partial charge in [0, 0.05) is 16.7 Å². The van der Waals surface area contributed by atoms with E-state index in [1.54, 1.807) is 12.1 Å². The van der Waals surface area contributed by atoms with Crippen molar-refractivity contribution < 1.29 is 9.72 Å². The van der Waals surface area contributed by atoms with Crippen molar-refractivity contribution in [2.24, 2.45) is 5.73 Å². The van der Waals surface area contributed by atoms with Crippen LogP contribution in [0, 0.1) is 10.1 Å². The number of carbonyl (C=O) groups excluding carboxylic acids is 1. The number of imidazole rings is 1. The fourth-order valence-corrected chi connectivity index (χ4v) is 3.49. The number of hydrogen-bond acceptors (Lipinski definition) is 5. The third-order valence-electron chi connectivity index (χ3n) is 3.13. The predicted molar refractivity (Wildman–Crippen MR) is 91.9 cm³/mol. The molecule has 3 aromatic rings. The molecule has 0 saturated carbocycles. The zero-order valence-electron chi connectivity index (χ0n) is 11.7. The van der Waals surface area contributed by atoms with E-state index in [4.69, 9.17) is 28.9 Å². The standard InChI is InChI=1S/C14H8Cl2N4O3S/c15-7-4-8(16)12-9(5-7)18-14(19-12)24-11-2-1-6(13(17)21)3-10(11)20(22)23/h1-5H,(H2,17,21)(H,18,19). The van der Waals surface area contributed by atoms with Crippen molar-refractivity contribution >= 4 is 57.6 Å². The highest BCUT2D eigenvalue weighted by Gasteiger charge is 2.19. The molecular formula is C14H8Cl2N4O3S. The molecule has 0 unspecified atom stereocenters. The lowest BCUT2D eigenvalue weighted by atomic mass is 10.2. The van der Waals surface area contributed by atoms with Crippen LogP contribution >= 0.6 is 35.0 Å². The second-order valence-electron chi connectivity index (χ2n) is 4.73. The molecule has 1 heterocycles. The van der Waals surface area contributed by atoms with E-state index >= 15 is 0 Å². The van der Waals surface area contributed by atoms with E-state index in [9.17, 15) is 14.9 Å². The molecule has 122 valence electrons. The first kappa shape index (κ1) is 16.6. The number of nitrogens with one attached hydrogen (secondary N) is 1.